The zero-order valence-electron chi connectivity index (χ0n) is 13.5. The summed E-state index contributed by atoms with van der Waals surface area (Å²) < 4.78 is 5.79. The summed E-state index contributed by atoms with van der Waals surface area (Å²) in [6.45, 7) is 6.43. The molecule has 22 heavy (non-hydrogen) atoms. The van der Waals surface area contributed by atoms with Crippen LogP contribution in [0.4, 0.5) is 0 Å². The number of halogens is 1. The van der Waals surface area contributed by atoms with Crippen LogP contribution in [0.2, 0.25) is 0 Å². The molecule has 0 bridgehead atoms. The fraction of sp³-hybridized carbons (Fsp3) is 0.667. The summed E-state index contributed by atoms with van der Waals surface area (Å²) in [5.74, 6) is 2.54. The molecule has 1 unspecified atom stereocenters. The number of ether oxygens (including phenoxy) is 1. The molecule has 4 heteroatoms. The van der Waals surface area contributed by atoms with Crippen molar-refractivity contribution in [2.24, 2.45) is 17.6 Å². The van der Waals surface area contributed by atoms with Gasteiger partial charge in [-0.25, -0.2) is 0 Å². The van der Waals surface area contributed by atoms with E-state index in [1.807, 2.05) is 0 Å². The van der Waals surface area contributed by atoms with Gasteiger partial charge in [-0.05, 0) is 75.2 Å². The Morgan fingerprint density at radius 2 is 1.77 bits per heavy atom. The number of nitrogens with zero attached hydrogens (tertiary/aromatic N) is 1. The maximum atomic E-state index is 6.00. The lowest BCUT2D eigenvalue weighted by atomic mass is 9.91. The van der Waals surface area contributed by atoms with Crippen LogP contribution in [0.25, 0.3) is 0 Å². The molecular formula is C18H29ClN2O. The first kappa shape index (κ1) is 17.6. The highest BCUT2D eigenvalue weighted by Crippen LogP contribution is 2.29. The molecule has 1 saturated heterocycles. The lowest BCUT2D eigenvalue weighted by Gasteiger charge is -2.33. The summed E-state index contributed by atoms with van der Waals surface area (Å²) in [5, 5.41) is 0. The molecule has 1 aliphatic heterocycles. The van der Waals surface area contributed by atoms with E-state index in [1.54, 1.807) is 0 Å². The second-order valence-electron chi connectivity index (χ2n) is 6.87. The Bertz CT molecular complexity index is 437. The van der Waals surface area contributed by atoms with E-state index in [2.05, 4.69) is 36.1 Å². The Labute approximate surface area is 140 Å². The van der Waals surface area contributed by atoms with Crippen LogP contribution in [0.1, 0.15) is 38.2 Å². The molecule has 1 saturated carbocycles. The lowest BCUT2D eigenvalue weighted by molar-refractivity contribution is 0.165. The first-order chi connectivity index (χ1) is 10.2. The third kappa shape index (κ3) is 5.15. The molecule has 3 rings (SSSR count). The molecule has 0 amide bonds. The SMILES string of the molecule is CC(N)C1CCN(Cc2ccc(OCC3CC3)cc2)CC1.Cl. The highest BCUT2D eigenvalue weighted by Gasteiger charge is 2.22. The van der Waals surface area contributed by atoms with Gasteiger partial charge in [0.1, 0.15) is 5.75 Å². The second-order valence-corrected chi connectivity index (χ2v) is 6.87. The minimum absolute atomic E-state index is 0. The number of piperidine rings is 1. The smallest absolute Gasteiger partial charge is 0.119 e. The van der Waals surface area contributed by atoms with Crippen molar-refractivity contribution in [2.75, 3.05) is 19.7 Å². The second kappa shape index (κ2) is 8.19. The Morgan fingerprint density at radius 3 is 2.32 bits per heavy atom. The number of hydrogen-bond acceptors (Lipinski definition) is 3. The van der Waals surface area contributed by atoms with Gasteiger partial charge in [-0.2, -0.15) is 0 Å². The molecule has 1 aromatic rings. The summed E-state index contributed by atoms with van der Waals surface area (Å²) in [7, 11) is 0. The van der Waals surface area contributed by atoms with Crippen molar-refractivity contribution < 1.29 is 4.74 Å². The standard InChI is InChI=1S/C18H28N2O.ClH/c1-14(19)17-8-10-20(11-9-17)12-15-4-6-18(7-5-15)21-13-16-2-3-16;/h4-7,14,16-17H,2-3,8-13,19H2,1H3;1H. The van der Waals surface area contributed by atoms with E-state index in [9.17, 15) is 0 Å². The molecule has 0 spiro atoms. The van der Waals surface area contributed by atoms with Crippen LogP contribution >= 0.6 is 12.4 Å². The van der Waals surface area contributed by atoms with Crippen molar-refractivity contribution in [3.63, 3.8) is 0 Å². The average Bonchev–Trinajstić information content (AvgIpc) is 3.31. The monoisotopic (exact) mass is 324 g/mol. The van der Waals surface area contributed by atoms with E-state index in [1.165, 1.54) is 44.3 Å². The molecule has 0 aromatic heterocycles. The minimum atomic E-state index is 0. The van der Waals surface area contributed by atoms with Crippen LogP contribution in [-0.2, 0) is 6.54 Å². The Balaban J connectivity index is 0.00000176. The number of likely N-dealkylation sites (tertiary alicyclic amines) is 1. The van der Waals surface area contributed by atoms with E-state index >= 15 is 0 Å². The van der Waals surface area contributed by atoms with Gasteiger partial charge in [0.05, 0.1) is 6.61 Å². The molecule has 3 nitrogen and oxygen atoms in total. The van der Waals surface area contributed by atoms with E-state index < -0.39 is 0 Å². The largest absolute Gasteiger partial charge is 0.493 e. The third-order valence-corrected chi connectivity index (χ3v) is 4.89. The van der Waals surface area contributed by atoms with Crippen molar-refractivity contribution in [1.29, 1.82) is 0 Å². The summed E-state index contributed by atoms with van der Waals surface area (Å²) >= 11 is 0. The van der Waals surface area contributed by atoms with Gasteiger partial charge in [0, 0.05) is 12.6 Å². The van der Waals surface area contributed by atoms with Crippen LogP contribution < -0.4 is 10.5 Å². The first-order valence-corrected chi connectivity index (χ1v) is 8.40. The summed E-state index contributed by atoms with van der Waals surface area (Å²) in [5.41, 5.74) is 7.39. The van der Waals surface area contributed by atoms with E-state index in [4.69, 9.17) is 10.5 Å². The molecular weight excluding hydrogens is 296 g/mol. The summed E-state index contributed by atoms with van der Waals surface area (Å²) in [6.07, 6.45) is 5.16. The maximum Gasteiger partial charge on any atom is 0.119 e. The van der Waals surface area contributed by atoms with Crippen molar-refractivity contribution in [1.82, 2.24) is 4.90 Å². The molecule has 2 N–H and O–H groups in total. The Hall–Kier alpha value is -0.770. The molecule has 1 aromatic carbocycles. The van der Waals surface area contributed by atoms with E-state index in [0.717, 1.165) is 24.8 Å². The van der Waals surface area contributed by atoms with Crippen LogP contribution in [0.3, 0.4) is 0 Å². The molecule has 1 heterocycles. The van der Waals surface area contributed by atoms with Crippen LogP contribution in [0.5, 0.6) is 5.75 Å². The zero-order chi connectivity index (χ0) is 14.7. The number of rotatable bonds is 6. The van der Waals surface area contributed by atoms with E-state index in [0.29, 0.717) is 12.0 Å². The van der Waals surface area contributed by atoms with Gasteiger partial charge in [0.2, 0.25) is 0 Å². The van der Waals surface area contributed by atoms with Crippen molar-refractivity contribution in [2.45, 2.75) is 45.2 Å². The molecule has 2 fully saturated rings. The van der Waals surface area contributed by atoms with Crippen molar-refractivity contribution in [3.8, 4) is 5.75 Å². The third-order valence-electron chi connectivity index (χ3n) is 4.89. The lowest BCUT2D eigenvalue weighted by Crippen LogP contribution is -2.39. The van der Waals surface area contributed by atoms with Gasteiger partial charge in [-0.1, -0.05) is 12.1 Å². The quantitative estimate of drug-likeness (QED) is 0.871. The molecule has 1 atom stereocenters. The average molecular weight is 325 g/mol. The summed E-state index contributed by atoms with van der Waals surface area (Å²) in [6, 6.07) is 8.99. The molecule has 124 valence electrons. The molecule has 2 aliphatic rings. The number of benzene rings is 1. The van der Waals surface area contributed by atoms with Crippen LogP contribution in [0, 0.1) is 11.8 Å². The predicted octanol–water partition coefficient (Wildman–Crippen LogP) is 3.46. The van der Waals surface area contributed by atoms with Gasteiger partial charge in [-0.3, -0.25) is 4.90 Å². The predicted molar refractivity (Wildman–Crippen MR) is 93.6 cm³/mol. The van der Waals surface area contributed by atoms with Crippen molar-refractivity contribution >= 4 is 12.4 Å². The minimum Gasteiger partial charge on any atom is -0.493 e. The molecule has 1 aliphatic carbocycles. The summed E-state index contributed by atoms with van der Waals surface area (Å²) in [4.78, 5) is 2.54. The van der Waals surface area contributed by atoms with Gasteiger partial charge in [0.15, 0.2) is 0 Å². The van der Waals surface area contributed by atoms with Gasteiger partial charge < -0.3 is 10.5 Å². The fourth-order valence-electron chi connectivity index (χ4n) is 3.08. The van der Waals surface area contributed by atoms with Gasteiger partial charge >= 0.3 is 0 Å². The highest BCUT2D eigenvalue weighted by atomic mass is 35.5. The Kier molecular flexibility index (Phi) is 6.54. The van der Waals surface area contributed by atoms with Crippen molar-refractivity contribution in [3.05, 3.63) is 29.8 Å². The Morgan fingerprint density at radius 1 is 1.14 bits per heavy atom. The topological polar surface area (TPSA) is 38.5 Å². The van der Waals surface area contributed by atoms with E-state index in [-0.39, 0.29) is 12.4 Å². The fourth-order valence-corrected chi connectivity index (χ4v) is 3.08. The first-order valence-electron chi connectivity index (χ1n) is 8.40. The number of nitrogens with two attached hydrogens (primary N) is 1. The molecule has 0 radical (unpaired) electrons. The van der Waals surface area contributed by atoms with Gasteiger partial charge in [-0.15, -0.1) is 12.4 Å². The number of hydrogen-bond donors (Lipinski definition) is 1. The maximum absolute atomic E-state index is 6.00. The van der Waals surface area contributed by atoms with Gasteiger partial charge in [0.25, 0.3) is 0 Å². The van der Waals surface area contributed by atoms with Crippen LogP contribution in [-0.4, -0.2) is 30.6 Å². The zero-order valence-corrected chi connectivity index (χ0v) is 14.4. The van der Waals surface area contributed by atoms with Crippen LogP contribution in [0.15, 0.2) is 24.3 Å². The highest BCUT2D eigenvalue weighted by molar-refractivity contribution is 5.85. The normalized spacial score (nSPS) is 21.2.